The van der Waals surface area contributed by atoms with Gasteiger partial charge < -0.3 is 0 Å². The minimum absolute atomic E-state index is 0.248. The highest BCUT2D eigenvalue weighted by Crippen LogP contribution is 2.29. The molecule has 0 saturated heterocycles. The Bertz CT molecular complexity index is 609. The quantitative estimate of drug-likeness (QED) is 0.687. The molecule has 18 heavy (non-hydrogen) atoms. The minimum Gasteiger partial charge on any atom is -0.294 e. The van der Waals surface area contributed by atoms with Gasteiger partial charge in [0.1, 0.15) is 0 Å². The molecule has 0 aliphatic heterocycles. The summed E-state index contributed by atoms with van der Waals surface area (Å²) in [5.41, 5.74) is 4.30. The summed E-state index contributed by atoms with van der Waals surface area (Å²) in [6.07, 6.45) is 3.48. The first-order valence-electron chi connectivity index (χ1n) is 6.23. The SMILES string of the molecule is O=C1CCc2ccccc2/C1=C/c1ccccc1. The molecule has 0 heterocycles. The average molecular weight is 234 g/mol. The van der Waals surface area contributed by atoms with Crippen LogP contribution in [0.15, 0.2) is 54.6 Å². The fourth-order valence-corrected chi connectivity index (χ4v) is 2.41. The number of rotatable bonds is 1. The van der Waals surface area contributed by atoms with Gasteiger partial charge in [0.25, 0.3) is 0 Å². The van der Waals surface area contributed by atoms with Gasteiger partial charge in [0, 0.05) is 12.0 Å². The number of allylic oxidation sites excluding steroid dienone is 1. The van der Waals surface area contributed by atoms with Crippen LogP contribution in [-0.4, -0.2) is 5.78 Å². The lowest BCUT2D eigenvalue weighted by Gasteiger charge is -2.17. The van der Waals surface area contributed by atoms with Gasteiger partial charge in [0.05, 0.1) is 0 Å². The van der Waals surface area contributed by atoms with E-state index in [0.717, 1.165) is 23.1 Å². The molecule has 0 N–H and O–H groups in total. The Labute approximate surface area is 107 Å². The van der Waals surface area contributed by atoms with Crippen LogP contribution in [0, 0.1) is 0 Å². The second-order valence-corrected chi connectivity index (χ2v) is 4.55. The third kappa shape index (κ3) is 2.00. The minimum atomic E-state index is 0.248. The molecule has 0 fully saturated rings. The van der Waals surface area contributed by atoms with Gasteiger partial charge in [-0.05, 0) is 29.2 Å². The van der Waals surface area contributed by atoms with Crippen molar-refractivity contribution in [2.45, 2.75) is 12.8 Å². The molecule has 0 radical (unpaired) electrons. The summed E-state index contributed by atoms with van der Waals surface area (Å²) in [6, 6.07) is 18.2. The zero-order valence-corrected chi connectivity index (χ0v) is 10.1. The van der Waals surface area contributed by atoms with E-state index >= 15 is 0 Å². The molecule has 1 heteroatoms. The summed E-state index contributed by atoms with van der Waals surface area (Å²) in [6.45, 7) is 0. The Hall–Kier alpha value is -2.15. The molecule has 2 aromatic rings. The number of fused-ring (bicyclic) bond motifs is 1. The van der Waals surface area contributed by atoms with Crippen LogP contribution in [0.4, 0.5) is 0 Å². The first kappa shape index (κ1) is 11.0. The Kier molecular flexibility index (Phi) is 2.81. The van der Waals surface area contributed by atoms with E-state index in [4.69, 9.17) is 0 Å². The Morgan fingerprint density at radius 1 is 0.833 bits per heavy atom. The van der Waals surface area contributed by atoms with Crippen molar-refractivity contribution in [2.75, 3.05) is 0 Å². The molecule has 3 rings (SSSR count). The second kappa shape index (κ2) is 4.61. The van der Waals surface area contributed by atoms with Gasteiger partial charge in [-0.15, -0.1) is 0 Å². The lowest BCUT2D eigenvalue weighted by molar-refractivity contribution is -0.113. The number of Topliss-reactive ketones (excluding diaryl/α,β-unsaturated/α-hetero) is 1. The molecular weight excluding hydrogens is 220 g/mol. The van der Waals surface area contributed by atoms with Crippen molar-refractivity contribution in [2.24, 2.45) is 0 Å². The van der Waals surface area contributed by atoms with Crippen LogP contribution in [0.2, 0.25) is 0 Å². The van der Waals surface area contributed by atoms with Crippen LogP contribution in [0.3, 0.4) is 0 Å². The molecular formula is C17H14O. The van der Waals surface area contributed by atoms with Crippen LogP contribution in [0.5, 0.6) is 0 Å². The highest BCUT2D eigenvalue weighted by atomic mass is 16.1. The molecule has 0 aromatic heterocycles. The fraction of sp³-hybridized carbons (Fsp3) is 0.118. The van der Waals surface area contributed by atoms with Crippen molar-refractivity contribution in [1.82, 2.24) is 0 Å². The van der Waals surface area contributed by atoms with Crippen molar-refractivity contribution < 1.29 is 4.79 Å². The van der Waals surface area contributed by atoms with Gasteiger partial charge in [0.15, 0.2) is 5.78 Å². The van der Waals surface area contributed by atoms with Gasteiger partial charge >= 0.3 is 0 Å². The lowest BCUT2D eigenvalue weighted by atomic mass is 9.85. The fourth-order valence-electron chi connectivity index (χ4n) is 2.41. The Morgan fingerprint density at radius 2 is 1.56 bits per heavy atom. The summed E-state index contributed by atoms with van der Waals surface area (Å²) in [7, 11) is 0. The monoisotopic (exact) mass is 234 g/mol. The van der Waals surface area contributed by atoms with Crippen LogP contribution >= 0.6 is 0 Å². The first-order valence-corrected chi connectivity index (χ1v) is 6.23. The van der Waals surface area contributed by atoms with E-state index in [2.05, 4.69) is 6.07 Å². The molecule has 0 spiro atoms. The van der Waals surface area contributed by atoms with Crippen LogP contribution < -0.4 is 0 Å². The van der Waals surface area contributed by atoms with E-state index in [1.807, 2.05) is 54.6 Å². The zero-order chi connectivity index (χ0) is 12.4. The van der Waals surface area contributed by atoms with E-state index in [1.54, 1.807) is 0 Å². The summed E-state index contributed by atoms with van der Waals surface area (Å²) in [5.74, 6) is 0.248. The van der Waals surface area contributed by atoms with E-state index in [1.165, 1.54) is 5.56 Å². The highest BCUT2D eigenvalue weighted by Gasteiger charge is 2.20. The maximum atomic E-state index is 12.1. The third-order valence-corrected chi connectivity index (χ3v) is 3.34. The predicted molar refractivity (Wildman–Crippen MR) is 74.1 cm³/mol. The standard InChI is InChI=1S/C17H14O/c18-17-11-10-14-8-4-5-9-15(14)16(17)12-13-6-2-1-3-7-13/h1-9,12H,10-11H2/b16-12-. The molecule has 0 unspecified atom stereocenters. The smallest absolute Gasteiger partial charge is 0.163 e. The van der Waals surface area contributed by atoms with Crippen molar-refractivity contribution in [3.8, 4) is 0 Å². The van der Waals surface area contributed by atoms with Gasteiger partial charge in [-0.25, -0.2) is 0 Å². The number of hydrogen-bond acceptors (Lipinski definition) is 1. The highest BCUT2D eigenvalue weighted by molar-refractivity contribution is 6.26. The predicted octanol–water partition coefficient (Wildman–Crippen LogP) is 3.74. The average Bonchev–Trinajstić information content (AvgIpc) is 2.43. The third-order valence-electron chi connectivity index (χ3n) is 3.34. The van der Waals surface area contributed by atoms with Crippen LogP contribution in [0.25, 0.3) is 11.6 Å². The number of ketones is 1. The molecule has 0 amide bonds. The summed E-state index contributed by atoms with van der Waals surface area (Å²) in [5, 5.41) is 0. The van der Waals surface area contributed by atoms with Crippen LogP contribution in [0.1, 0.15) is 23.1 Å². The van der Waals surface area contributed by atoms with Crippen molar-refractivity contribution in [1.29, 1.82) is 0 Å². The summed E-state index contributed by atoms with van der Waals surface area (Å²) in [4.78, 5) is 12.1. The molecule has 1 aliphatic rings. The van der Waals surface area contributed by atoms with Crippen LogP contribution in [-0.2, 0) is 11.2 Å². The number of aryl methyl sites for hydroxylation is 1. The van der Waals surface area contributed by atoms with Gasteiger partial charge in [-0.1, -0.05) is 54.6 Å². The number of hydrogen-bond donors (Lipinski definition) is 0. The molecule has 1 aliphatic carbocycles. The normalized spacial score (nSPS) is 16.7. The number of carbonyl (C=O) groups is 1. The summed E-state index contributed by atoms with van der Waals surface area (Å²) < 4.78 is 0. The van der Waals surface area contributed by atoms with Gasteiger partial charge in [-0.3, -0.25) is 4.79 Å². The van der Waals surface area contributed by atoms with Crippen molar-refractivity contribution in [3.05, 3.63) is 71.3 Å². The Morgan fingerprint density at radius 3 is 2.39 bits per heavy atom. The largest absolute Gasteiger partial charge is 0.294 e. The molecule has 0 saturated carbocycles. The second-order valence-electron chi connectivity index (χ2n) is 4.55. The molecule has 88 valence electrons. The lowest BCUT2D eigenvalue weighted by Crippen LogP contribution is -2.12. The van der Waals surface area contributed by atoms with E-state index in [-0.39, 0.29) is 5.78 Å². The zero-order valence-electron chi connectivity index (χ0n) is 10.1. The van der Waals surface area contributed by atoms with E-state index in [0.29, 0.717) is 6.42 Å². The van der Waals surface area contributed by atoms with E-state index in [9.17, 15) is 4.79 Å². The maximum absolute atomic E-state index is 12.1. The van der Waals surface area contributed by atoms with Crippen molar-refractivity contribution in [3.63, 3.8) is 0 Å². The van der Waals surface area contributed by atoms with E-state index < -0.39 is 0 Å². The maximum Gasteiger partial charge on any atom is 0.163 e. The topological polar surface area (TPSA) is 17.1 Å². The first-order chi connectivity index (χ1) is 8.84. The van der Waals surface area contributed by atoms with Gasteiger partial charge in [0.2, 0.25) is 0 Å². The summed E-state index contributed by atoms with van der Waals surface area (Å²) >= 11 is 0. The molecule has 0 atom stereocenters. The molecule has 1 nitrogen and oxygen atoms in total. The molecule has 2 aromatic carbocycles. The van der Waals surface area contributed by atoms with Crippen molar-refractivity contribution >= 4 is 17.4 Å². The molecule has 0 bridgehead atoms. The number of benzene rings is 2. The van der Waals surface area contributed by atoms with Gasteiger partial charge in [-0.2, -0.15) is 0 Å². The Balaban J connectivity index is 2.11. The number of carbonyl (C=O) groups excluding carboxylic acids is 1.